The van der Waals surface area contributed by atoms with Crippen LogP contribution in [0.15, 0.2) is 42.7 Å². The molecule has 0 spiro atoms. The number of nitrogens with two attached hydrogens (primary N) is 1. The zero-order chi connectivity index (χ0) is 14.8. The van der Waals surface area contributed by atoms with Gasteiger partial charge in [-0.2, -0.15) is 0 Å². The highest BCUT2D eigenvalue weighted by atomic mass is 35.5. The Morgan fingerprint density at radius 3 is 2.71 bits per heavy atom. The number of nitrogens with zero attached hydrogens (tertiary/aromatic N) is 2. The van der Waals surface area contributed by atoms with Crippen molar-refractivity contribution in [2.75, 3.05) is 11.1 Å². The topological polar surface area (TPSA) is 63.8 Å². The van der Waals surface area contributed by atoms with Crippen molar-refractivity contribution in [1.82, 2.24) is 9.97 Å². The summed E-state index contributed by atoms with van der Waals surface area (Å²) in [5.41, 5.74) is 8.22. The molecule has 1 heterocycles. The van der Waals surface area contributed by atoms with E-state index >= 15 is 0 Å². The first kappa shape index (κ1) is 13.9. The largest absolute Gasteiger partial charge is 0.398 e. The first-order chi connectivity index (χ1) is 10.1. The van der Waals surface area contributed by atoms with E-state index in [9.17, 15) is 0 Å². The summed E-state index contributed by atoms with van der Waals surface area (Å²) < 4.78 is 0. The average molecular weight is 319 g/mol. The maximum Gasteiger partial charge on any atom is 0.137 e. The predicted molar refractivity (Wildman–Crippen MR) is 87.7 cm³/mol. The van der Waals surface area contributed by atoms with Gasteiger partial charge in [0.25, 0.3) is 0 Å². The normalized spacial score (nSPS) is 10.8. The van der Waals surface area contributed by atoms with Gasteiger partial charge < -0.3 is 11.1 Å². The van der Waals surface area contributed by atoms with Crippen LogP contribution >= 0.6 is 23.2 Å². The molecule has 3 rings (SSSR count). The summed E-state index contributed by atoms with van der Waals surface area (Å²) in [4.78, 5) is 8.48. The molecule has 6 heteroatoms. The highest BCUT2D eigenvalue weighted by molar-refractivity contribution is 6.33. The Morgan fingerprint density at radius 1 is 1.05 bits per heavy atom. The smallest absolute Gasteiger partial charge is 0.137 e. The van der Waals surface area contributed by atoms with E-state index in [1.54, 1.807) is 12.1 Å². The lowest BCUT2D eigenvalue weighted by Crippen LogP contribution is -2.03. The van der Waals surface area contributed by atoms with Gasteiger partial charge in [-0.15, -0.1) is 0 Å². The van der Waals surface area contributed by atoms with Crippen LogP contribution in [0, 0.1) is 0 Å². The highest BCUT2D eigenvalue weighted by Gasteiger charge is 2.05. The minimum absolute atomic E-state index is 0.554. The van der Waals surface area contributed by atoms with Crippen LogP contribution in [0.3, 0.4) is 0 Å². The fraction of sp³-hybridized carbons (Fsp3) is 0.0667. The van der Waals surface area contributed by atoms with E-state index in [1.807, 2.05) is 24.3 Å². The summed E-state index contributed by atoms with van der Waals surface area (Å²) in [5.74, 6) is 0.732. The van der Waals surface area contributed by atoms with Crippen LogP contribution < -0.4 is 11.1 Å². The molecule has 3 aromatic rings. The summed E-state index contributed by atoms with van der Waals surface area (Å²) in [7, 11) is 0. The number of hydrogen-bond donors (Lipinski definition) is 2. The molecule has 4 nitrogen and oxygen atoms in total. The van der Waals surface area contributed by atoms with Gasteiger partial charge in [-0.3, -0.25) is 0 Å². The summed E-state index contributed by atoms with van der Waals surface area (Å²) in [5, 5.41) is 5.35. The summed E-state index contributed by atoms with van der Waals surface area (Å²) in [6, 6.07) is 11.1. The van der Waals surface area contributed by atoms with Crippen LogP contribution in [0.2, 0.25) is 10.0 Å². The average Bonchev–Trinajstić information content (AvgIpc) is 2.48. The molecule has 106 valence electrons. The van der Waals surface area contributed by atoms with Crippen LogP contribution in [-0.4, -0.2) is 9.97 Å². The Bertz CT molecular complexity index is 805. The third-order valence-electron chi connectivity index (χ3n) is 3.12. The zero-order valence-electron chi connectivity index (χ0n) is 11.0. The maximum absolute atomic E-state index is 6.03. The molecule has 3 N–H and O–H groups in total. The number of aromatic nitrogens is 2. The van der Waals surface area contributed by atoms with E-state index in [4.69, 9.17) is 28.9 Å². The van der Waals surface area contributed by atoms with Crippen LogP contribution in [0.4, 0.5) is 11.5 Å². The molecule has 2 aromatic carbocycles. The summed E-state index contributed by atoms with van der Waals surface area (Å²) >= 11 is 11.9. The summed E-state index contributed by atoms with van der Waals surface area (Å²) in [6.45, 7) is 0.583. The van der Waals surface area contributed by atoms with E-state index in [0.717, 1.165) is 22.3 Å². The second kappa shape index (κ2) is 5.76. The first-order valence-corrected chi connectivity index (χ1v) is 7.07. The SMILES string of the molecule is Nc1cc(CNc2ncnc3ccc(Cl)cc23)ccc1Cl. The minimum atomic E-state index is 0.554. The number of nitrogens with one attached hydrogen (secondary N) is 1. The molecule has 0 fully saturated rings. The Morgan fingerprint density at radius 2 is 1.90 bits per heavy atom. The predicted octanol–water partition coefficient (Wildman–Crippen LogP) is 4.13. The van der Waals surface area contributed by atoms with Gasteiger partial charge in [0.15, 0.2) is 0 Å². The van der Waals surface area contributed by atoms with Crippen molar-refractivity contribution in [3.05, 3.63) is 58.3 Å². The lowest BCUT2D eigenvalue weighted by molar-refractivity contribution is 1.10. The fourth-order valence-electron chi connectivity index (χ4n) is 2.06. The highest BCUT2D eigenvalue weighted by Crippen LogP contribution is 2.24. The Kier molecular flexibility index (Phi) is 3.82. The van der Waals surface area contributed by atoms with Crippen molar-refractivity contribution in [1.29, 1.82) is 0 Å². The number of fused-ring (bicyclic) bond motifs is 1. The number of benzene rings is 2. The molecule has 0 radical (unpaired) electrons. The van der Waals surface area contributed by atoms with Gasteiger partial charge in [0.2, 0.25) is 0 Å². The Hall–Kier alpha value is -2.04. The molecule has 0 amide bonds. The molecule has 0 unspecified atom stereocenters. The van der Waals surface area contributed by atoms with Crippen molar-refractivity contribution >= 4 is 45.6 Å². The van der Waals surface area contributed by atoms with Gasteiger partial charge in [0, 0.05) is 17.0 Å². The van der Waals surface area contributed by atoms with Crippen molar-refractivity contribution in [3.8, 4) is 0 Å². The van der Waals surface area contributed by atoms with Gasteiger partial charge in [-0.25, -0.2) is 9.97 Å². The molecule has 21 heavy (non-hydrogen) atoms. The Balaban J connectivity index is 1.88. The standard InChI is InChI=1S/C15H12Cl2N4/c16-10-2-4-14-11(6-10)15(21-8-20-14)19-7-9-1-3-12(17)13(18)5-9/h1-6,8H,7,18H2,(H,19,20,21). The molecule has 1 aromatic heterocycles. The number of anilines is 2. The van der Waals surface area contributed by atoms with E-state index < -0.39 is 0 Å². The quantitative estimate of drug-likeness (QED) is 0.713. The van der Waals surface area contributed by atoms with E-state index in [2.05, 4.69) is 15.3 Å². The minimum Gasteiger partial charge on any atom is -0.398 e. The molecular formula is C15H12Cl2N4. The monoisotopic (exact) mass is 318 g/mol. The van der Waals surface area contributed by atoms with Crippen LogP contribution in [0.25, 0.3) is 10.9 Å². The first-order valence-electron chi connectivity index (χ1n) is 6.31. The molecule has 0 aliphatic carbocycles. The Labute approximate surface area is 131 Å². The van der Waals surface area contributed by atoms with Gasteiger partial charge in [0.1, 0.15) is 12.1 Å². The van der Waals surface area contributed by atoms with Gasteiger partial charge in [0.05, 0.1) is 16.2 Å². The molecule has 0 aliphatic heterocycles. The van der Waals surface area contributed by atoms with E-state index in [0.29, 0.717) is 22.3 Å². The van der Waals surface area contributed by atoms with E-state index in [-0.39, 0.29) is 0 Å². The third-order valence-corrected chi connectivity index (χ3v) is 3.70. The van der Waals surface area contributed by atoms with Crippen molar-refractivity contribution < 1.29 is 0 Å². The second-order valence-electron chi connectivity index (χ2n) is 4.59. The van der Waals surface area contributed by atoms with Crippen molar-refractivity contribution in [3.63, 3.8) is 0 Å². The number of nitrogen functional groups attached to an aromatic ring is 1. The molecule has 0 bridgehead atoms. The lowest BCUT2D eigenvalue weighted by atomic mass is 10.2. The third kappa shape index (κ3) is 3.01. The summed E-state index contributed by atoms with van der Waals surface area (Å²) in [6.07, 6.45) is 1.52. The molecule has 0 saturated heterocycles. The van der Waals surface area contributed by atoms with Crippen molar-refractivity contribution in [2.45, 2.75) is 6.54 Å². The maximum atomic E-state index is 6.03. The second-order valence-corrected chi connectivity index (χ2v) is 5.44. The zero-order valence-corrected chi connectivity index (χ0v) is 12.5. The molecule has 0 aliphatic rings. The number of rotatable bonds is 3. The van der Waals surface area contributed by atoms with E-state index in [1.165, 1.54) is 6.33 Å². The van der Waals surface area contributed by atoms with Crippen LogP contribution in [0.5, 0.6) is 0 Å². The van der Waals surface area contributed by atoms with Gasteiger partial charge in [-0.1, -0.05) is 29.3 Å². The fourth-order valence-corrected chi connectivity index (χ4v) is 2.35. The van der Waals surface area contributed by atoms with Gasteiger partial charge in [-0.05, 0) is 35.9 Å². The number of hydrogen-bond acceptors (Lipinski definition) is 4. The number of halogens is 2. The van der Waals surface area contributed by atoms with Crippen molar-refractivity contribution in [2.24, 2.45) is 0 Å². The molecule has 0 atom stereocenters. The molecular weight excluding hydrogens is 307 g/mol. The van der Waals surface area contributed by atoms with Gasteiger partial charge >= 0.3 is 0 Å². The molecule has 0 saturated carbocycles. The van der Waals surface area contributed by atoms with Crippen LogP contribution in [-0.2, 0) is 6.54 Å². The lowest BCUT2D eigenvalue weighted by Gasteiger charge is -2.09. The van der Waals surface area contributed by atoms with Crippen LogP contribution in [0.1, 0.15) is 5.56 Å².